The fourth-order valence-electron chi connectivity index (χ4n) is 1.11. The second-order valence-electron chi connectivity index (χ2n) is 2.84. The van der Waals surface area contributed by atoms with Crippen molar-refractivity contribution in [2.45, 2.75) is 6.92 Å². The molecule has 0 aromatic heterocycles. The Labute approximate surface area is 71.5 Å². The molecule has 0 spiro atoms. The second kappa shape index (κ2) is 3.09. The van der Waals surface area contributed by atoms with Crippen molar-refractivity contribution in [1.82, 2.24) is 0 Å². The highest BCUT2D eigenvalue weighted by Gasteiger charge is 2.00. The van der Waals surface area contributed by atoms with E-state index in [1.807, 2.05) is 20.2 Å². The molecule has 0 unspecified atom stereocenters. The van der Waals surface area contributed by atoms with Crippen molar-refractivity contribution < 1.29 is 0 Å². The summed E-state index contributed by atoms with van der Waals surface area (Å²) in [6, 6.07) is 6.21. The van der Waals surface area contributed by atoms with Crippen LogP contribution in [0.1, 0.15) is 5.56 Å². The van der Waals surface area contributed by atoms with Crippen LogP contribution in [-0.4, -0.2) is 24.3 Å². The summed E-state index contributed by atoms with van der Waals surface area (Å²) in [5.41, 5.74) is 2.55. The molecule has 1 aromatic carbocycles. The van der Waals surface area contributed by atoms with E-state index in [0.717, 1.165) is 5.19 Å². The predicted octanol–water partition coefficient (Wildman–Crippen LogP) is 0.855. The molecular weight excluding hydrogens is 150 g/mol. The molecule has 0 fully saturated rings. The van der Waals surface area contributed by atoms with Gasteiger partial charge in [-0.2, -0.15) is 0 Å². The van der Waals surface area contributed by atoms with Crippen molar-refractivity contribution in [2.75, 3.05) is 19.0 Å². The van der Waals surface area contributed by atoms with Crippen LogP contribution in [-0.2, 0) is 0 Å². The first-order valence-corrected chi connectivity index (χ1v) is 4.11. The van der Waals surface area contributed by atoms with Crippen molar-refractivity contribution in [3.63, 3.8) is 0 Å². The zero-order valence-corrected chi connectivity index (χ0v) is 8.18. The minimum Gasteiger partial charge on any atom is -0.377 e. The highest BCUT2D eigenvalue weighted by atomic mass is 28.1. The maximum Gasteiger partial charge on any atom is 0.0716 e. The molecule has 2 heteroatoms. The van der Waals surface area contributed by atoms with Gasteiger partial charge >= 0.3 is 0 Å². The fourth-order valence-corrected chi connectivity index (χ4v) is 1.33. The smallest absolute Gasteiger partial charge is 0.0716 e. The van der Waals surface area contributed by atoms with Crippen LogP contribution in [0.4, 0.5) is 5.69 Å². The predicted molar refractivity (Wildman–Crippen MR) is 50.9 cm³/mol. The lowest BCUT2D eigenvalue weighted by molar-refractivity contribution is 1.12. The van der Waals surface area contributed by atoms with E-state index in [2.05, 4.69) is 34.2 Å². The van der Waals surface area contributed by atoms with Gasteiger partial charge in [0.05, 0.1) is 10.2 Å². The first-order valence-electron chi connectivity index (χ1n) is 3.61. The van der Waals surface area contributed by atoms with Crippen LogP contribution >= 0.6 is 0 Å². The Bertz CT molecular complexity index is 256. The van der Waals surface area contributed by atoms with Crippen LogP contribution in [0.2, 0.25) is 0 Å². The van der Waals surface area contributed by atoms with Gasteiger partial charge in [-0.05, 0) is 18.6 Å². The Morgan fingerprint density at radius 1 is 1.27 bits per heavy atom. The first kappa shape index (κ1) is 8.33. The Hall–Kier alpha value is -0.763. The van der Waals surface area contributed by atoms with Gasteiger partial charge in [0.25, 0.3) is 0 Å². The summed E-state index contributed by atoms with van der Waals surface area (Å²) >= 11 is 0. The normalized spacial score (nSPS) is 9.82. The molecular formula is C9H12NSi. The molecule has 3 radical (unpaired) electrons. The van der Waals surface area contributed by atoms with E-state index in [4.69, 9.17) is 0 Å². The van der Waals surface area contributed by atoms with Gasteiger partial charge in [-0.15, -0.1) is 0 Å². The maximum absolute atomic E-state index is 3.54. The van der Waals surface area contributed by atoms with E-state index < -0.39 is 0 Å². The summed E-state index contributed by atoms with van der Waals surface area (Å²) in [5.74, 6) is 0. The van der Waals surface area contributed by atoms with E-state index in [-0.39, 0.29) is 0 Å². The summed E-state index contributed by atoms with van der Waals surface area (Å²) < 4.78 is 0. The topological polar surface area (TPSA) is 3.24 Å². The molecule has 0 amide bonds. The Kier molecular flexibility index (Phi) is 2.34. The number of anilines is 1. The molecule has 0 N–H and O–H groups in total. The molecule has 0 saturated carbocycles. The van der Waals surface area contributed by atoms with Crippen molar-refractivity contribution in [1.29, 1.82) is 0 Å². The van der Waals surface area contributed by atoms with E-state index in [1.165, 1.54) is 11.3 Å². The monoisotopic (exact) mass is 162 g/mol. The second-order valence-corrected chi connectivity index (χ2v) is 3.38. The molecule has 57 valence electrons. The van der Waals surface area contributed by atoms with Crippen LogP contribution in [0.25, 0.3) is 0 Å². The standard InChI is InChI=1S/C9H12NSi/c1-7-8(10(2)3)5-4-6-9(7)11/h4-6H,1-3H3. The molecule has 0 aliphatic carbocycles. The number of hydrogen-bond acceptors (Lipinski definition) is 1. The van der Waals surface area contributed by atoms with Gasteiger partial charge in [-0.3, -0.25) is 0 Å². The van der Waals surface area contributed by atoms with Crippen LogP contribution in [0.15, 0.2) is 18.2 Å². The third-order valence-electron chi connectivity index (χ3n) is 1.79. The van der Waals surface area contributed by atoms with Gasteiger partial charge < -0.3 is 4.90 Å². The fraction of sp³-hybridized carbons (Fsp3) is 0.333. The Morgan fingerprint density at radius 2 is 1.91 bits per heavy atom. The maximum atomic E-state index is 3.54. The van der Waals surface area contributed by atoms with Gasteiger partial charge in [-0.1, -0.05) is 17.3 Å². The molecule has 0 saturated heterocycles. The van der Waals surface area contributed by atoms with Crippen molar-refractivity contribution in [3.8, 4) is 0 Å². The lowest BCUT2D eigenvalue weighted by Crippen LogP contribution is -2.16. The zero-order chi connectivity index (χ0) is 8.43. The van der Waals surface area contributed by atoms with Gasteiger partial charge in [-0.25, -0.2) is 0 Å². The zero-order valence-electron chi connectivity index (χ0n) is 7.18. The number of hydrogen-bond donors (Lipinski definition) is 0. The molecule has 1 rings (SSSR count). The van der Waals surface area contributed by atoms with Crippen LogP contribution in [0.3, 0.4) is 0 Å². The summed E-state index contributed by atoms with van der Waals surface area (Å²) in [6.45, 7) is 2.11. The third kappa shape index (κ3) is 1.63. The SMILES string of the molecule is Cc1c([Si])cccc1N(C)C. The summed E-state index contributed by atoms with van der Waals surface area (Å²) in [6.07, 6.45) is 0. The molecule has 11 heavy (non-hydrogen) atoms. The molecule has 1 nitrogen and oxygen atoms in total. The lowest BCUT2D eigenvalue weighted by atomic mass is 10.2. The first-order chi connectivity index (χ1) is 5.13. The van der Waals surface area contributed by atoms with Crippen LogP contribution in [0, 0.1) is 6.92 Å². The van der Waals surface area contributed by atoms with E-state index in [1.54, 1.807) is 0 Å². The van der Waals surface area contributed by atoms with Crippen LogP contribution < -0.4 is 10.1 Å². The minimum atomic E-state index is 1.16. The van der Waals surface area contributed by atoms with Crippen molar-refractivity contribution in [3.05, 3.63) is 23.8 Å². The largest absolute Gasteiger partial charge is 0.377 e. The lowest BCUT2D eigenvalue weighted by Gasteiger charge is -2.16. The average Bonchev–Trinajstić information content (AvgIpc) is 1.94. The number of benzene rings is 1. The summed E-state index contributed by atoms with van der Waals surface area (Å²) in [5, 5.41) is 1.16. The summed E-state index contributed by atoms with van der Waals surface area (Å²) in [4.78, 5) is 2.11. The van der Waals surface area contributed by atoms with Crippen molar-refractivity contribution in [2.24, 2.45) is 0 Å². The van der Waals surface area contributed by atoms with E-state index in [9.17, 15) is 0 Å². The molecule has 0 aliphatic rings. The number of nitrogens with zero attached hydrogens (tertiary/aromatic N) is 1. The molecule has 1 aromatic rings. The van der Waals surface area contributed by atoms with E-state index >= 15 is 0 Å². The van der Waals surface area contributed by atoms with E-state index in [0.29, 0.717) is 0 Å². The Morgan fingerprint density at radius 3 is 2.36 bits per heavy atom. The highest BCUT2D eigenvalue weighted by molar-refractivity contribution is 6.33. The quantitative estimate of drug-likeness (QED) is 0.554. The van der Waals surface area contributed by atoms with Crippen LogP contribution in [0.5, 0.6) is 0 Å². The van der Waals surface area contributed by atoms with Gasteiger partial charge in [0.1, 0.15) is 0 Å². The molecule has 0 atom stereocenters. The minimum absolute atomic E-state index is 1.16. The highest BCUT2D eigenvalue weighted by Crippen LogP contribution is 2.13. The third-order valence-corrected chi connectivity index (χ3v) is 2.33. The molecule has 0 aliphatic heterocycles. The van der Waals surface area contributed by atoms with Gasteiger partial charge in [0.15, 0.2) is 0 Å². The van der Waals surface area contributed by atoms with Crippen molar-refractivity contribution >= 4 is 21.1 Å². The molecule has 0 heterocycles. The summed E-state index contributed by atoms with van der Waals surface area (Å²) in [7, 11) is 7.64. The number of rotatable bonds is 1. The molecule has 0 bridgehead atoms. The van der Waals surface area contributed by atoms with Gasteiger partial charge in [0.2, 0.25) is 0 Å². The Balaban J connectivity index is 3.17. The van der Waals surface area contributed by atoms with Gasteiger partial charge in [0, 0.05) is 19.8 Å². The average molecular weight is 162 g/mol.